The van der Waals surface area contributed by atoms with Gasteiger partial charge in [-0.2, -0.15) is 16.7 Å². The fraction of sp³-hybridized carbons (Fsp3) is 0.667. The third kappa shape index (κ3) is 3.25. The summed E-state index contributed by atoms with van der Waals surface area (Å²) in [6.07, 6.45) is 7.86. The maximum atomic E-state index is 4.45. The molecule has 1 saturated carbocycles. The van der Waals surface area contributed by atoms with Gasteiger partial charge in [-0.15, -0.1) is 0 Å². The van der Waals surface area contributed by atoms with E-state index in [-0.39, 0.29) is 0 Å². The van der Waals surface area contributed by atoms with Crippen LogP contribution < -0.4 is 10.6 Å². The SMILES string of the molecule is CCNc1nccc(NC2CCCC2SC)n1. The first-order valence-corrected chi connectivity index (χ1v) is 7.48. The zero-order valence-corrected chi connectivity index (χ0v) is 11.3. The molecule has 0 amide bonds. The Bertz CT molecular complexity index is 358. The first kappa shape index (κ1) is 12.5. The molecule has 1 heterocycles. The van der Waals surface area contributed by atoms with Gasteiger partial charge in [-0.05, 0) is 32.1 Å². The Morgan fingerprint density at radius 3 is 3.12 bits per heavy atom. The molecule has 2 N–H and O–H groups in total. The molecule has 0 saturated heterocycles. The highest BCUT2D eigenvalue weighted by Crippen LogP contribution is 2.30. The summed E-state index contributed by atoms with van der Waals surface area (Å²) >= 11 is 1.95. The lowest BCUT2D eigenvalue weighted by atomic mass is 10.2. The van der Waals surface area contributed by atoms with Gasteiger partial charge in [0.05, 0.1) is 0 Å². The first-order chi connectivity index (χ1) is 8.33. The number of anilines is 2. The van der Waals surface area contributed by atoms with Gasteiger partial charge in [0.1, 0.15) is 5.82 Å². The van der Waals surface area contributed by atoms with Crippen molar-refractivity contribution in [1.82, 2.24) is 9.97 Å². The van der Waals surface area contributed by atoms with Gasteiger partial charge in [-0.3, -0.25) is 0 Å². The number of hydrogen-bond donors (Lipinski definition) is 2. The quantitative estimate of drug-likeness (QED) is 0.843. The average molecular weight is 252 g/mol. The summed E-state index contributed by atoms with van der Waals surface area (Å²) in [5, 5.41) is 7.37. The van der Waals surface area contributed by atoms with E-state index in [2.05, 4.69) is 26.9 Å². The van der Waals surface area contributed by atoms with Gasteiger partial charge in [0.2, 0.25) is 5.95 Å². The molecule has 5 heteroatoms. The van der Waals surface area contributed by atoms with E-state index >= 15 is 0 Å². The molecule has 0 aromatic carbocycles. The van der Waals surface area contributed by atoms with E-state index in [4.69, 9.17) is 0 Å². The van der Waals surface area contributed by atoms with Crippen LogP contribution in [0.4, 0.5) is 11.8 Å². The van der Waals surface area contributed by atoms with Crippen LogP contribution in [-0.2, 0) is 0 Å². The Balaban J connectivity index is 2.00. The number of aromatic nitrogens is 2. The van der Waals surface area contributed by atoms with Crippen LogP contribution in [0.25, 0.3) is 0 Å². The van der Waals surface area contributed by atoms with E-state index in [1.165, 1.54) is 19.3 Å². The molecule has 4 nitrogen and oxygen atoms in total. The van der Waals surface area contributed by atoms with Gasteiger partial charge < -0.3 is 10.6 Å². The predicted octanol–water partition coefficient (Wildman–Crippen LogP) is 2.60. The van der Waals surface area contributed by atoms with Crippen molar-refractivity contribution in [3.63, 3.8) is 0 Å². The lowest BCUT2D eigenvalue weighted by molar-refractivity contribution is 0.762. The highest BCUT2D eigenvalue weighted by atomic mass is 32.2. The summed E-state index contributed by atoms with van der Waals surface area (Å²) in [7, 11) is 0. The molecular formula is C12H20N4S. The zero-order chi connectivity index (χ0) is 12.1. The fourth-order valence-corrected chi connectivity index (χ4v) is 3.18. The topological polar surface area (TPSA) is 49.8 Å². The second-order valence-electron chi connectivity index (χ2n) is 4.25. The monoisotopic (exact) mass is 252 g/mol. The average Bonchev–Trinajstić information content (AvgIpc) is 2.77. The van der Waals surface area contributed by atoms with Crippen LogP contribution in [0.5, 0.6) is 0 Å². The summed E-state index contributed by atoms with van der Waals surface area (Å²) in [5.41, 5.74) is 0. The fourth-order valence-electron chi connectivity index (χ4n) is 2.25. The standard InChI is InChI=1S/C12H20N4S/c1-3-13-12-14-8-7-11(16-12)15-9-5-4-6-10(9)17-2/h7-10H,3-6H2,1-2H3,(H2,13,14,15,16). The Morgan fingerprint density at radius 2 is 2.35 bits per heavy atom. The van der Waals surface area contributed by atoms with E-state index in [9.17, 15) is 0 Å². The Hall–Kier alpha value is -0.970. The predicted molar refractivity (Wildman–Crippen MR) is 74.8 cm³/mol. The smallest absolute Gasteiger partial charge is 0.224 e. The van der Waals surface area contributed by atoms with Crippen molar-refractivity contribution in [2.75, 3.05) is 23.4 Å². The second kappa shape index (κ2) is 6.10. The molecule has 2 unspecified atom stereocenters. The number of rotatable bonds is 5. The summed E-state index contributed by atoms with van der Waals surface area (Å²) in [6, 6.07) is 2.49. The van der Waals surface area contributed by atoms with E-state index in [1.54, 1.807) is 6.20 Å². The second-order valence-corrected chi connectivity index (χ2v) is 5.33. The van der Waals surface area contributed by atoms with Crippen LogP contribution >= 0.6 is 11.8 Å². The molecule has 94 valence electrons. The molecule has 1 aliphatic carbocycles. The van der Waals surface area contributed by atoms with Crippen molar-refractivity contribution >= 4 is 23.5 Å². The Morgan fingerprint density at radius 1 is 1.47 bits per heavy atom. The lowest BCUT2D eigenvalue weighted by Gasteiger charge is -2.19. The number of thioether (sulfide) groups is 1. The highest BCUT2D eigenvalue weighted by Gasteiger charge is 2.26. The van der Waals surface area contributed by atoms with E-state index in [0.717, 1.165) is 12.4 Å². The van der Waals surface area contributed by atoms with Crippen molar-refractivity contribution in [3.8, 4) is 0 Å². The van der Waals surface area contributed by atoms with Crippen LogP contribution in [0.2, 0.25) is 0 Å². The summed E-state index contributed by atoms with van der Waals surface area (Å²) in [4.78, 5) is 8.63. The summed E-state index contributed by atoms with van der Waals surface area (Å²) in [5.74, 6) is 1.64. The molecule has 0 aliphatic heterocycles. The van der Waals surface area contributed by atoms with Crippen LogP contribution in [0, 0.1) is 0 Å². The number of nitrogens with one attached hydrogen (secondary N) is 2. The number of nitrogens with zero attached hydrogens (tertiary/aromatic N) is 2. The Labute approximate surface area is 107 Å². The first-order valence-electron chi connectivity index (χ1n) is 6.19. The van der Waals surface area contributed by atoms with Crippen molar-refractivity contribution in [2.45, 2.75) is 37.5 Å². The van der Waals surface area contributed by atoms with Gasteiger partial charge in [-0.1, -0.05) is 6.42 Å². The van der Waals surface area contributed by atoms with Crippen LogP contribution in [-0.4, -0.2) is 34.1 Å². The normalized spacial score (nSPS) is 23.6. The van der Waals surface area contributed by atoms with Crippen LogP contribution in [0.1, 0.15) is 26.2 Å². The minimum Gasteiger partial charge on any atom is -0.366 e. The largest absolute Gasteiger partial charge is 0.366 e. The molecule has 2 rings (SSSR count). The molecule has 1 aliphatic rings. The summed E-state index contributed by atoms with van der Waals surface area (Å²) in [6.45, 7) is 2.89. The van der Waals surface area contributed by atoms with Crippen molar-refractivity contribution in [2.24, 2.45) is 0 Å². The van der Waals surface area contributed by atoms with Gasteiger partial charge in [0.15, 0.2) is 0 Å². The van der Waals surface area contributed by atoms with Crippen LogP contribution in [0.3, 0.4) is 0 Å². The Kier molecular flexibility index (Phi) is 4.48. The van der Waals surface area contributed by atoms with Gasteiger partial charge in [-0.25, -0.2) is 4.98 Å². The minimum atomic E-state index is 0.550. The van der Waals surface area contributed by atoms with Crippen LogP contribution in [0.15, 0.2) is 12.3 Å². The van der Waals surface area contributed by atoms with E-state index < -0.39 is 0 Å². The van der Waals surface area contributed by atoms with Crippen molar-refractivity contribution in [1.29, 1.82) is 0 Å². The molecule has 1 aromatic heterocycles. The molecular weight excluding hydrogens is 232 g/mol. The number of hydrogen-bond acceptors (Lipinski definition) is 5. The molecule has 0 spiro atoms. The molecule has 0 bridgehead atoms. The van der Waals surface area contributed by atoms with E-state index in [1.807, 2.05) is 24.8 Å². The molecule has 1 aromatic rings. The zero-order valence-electron chi connectivity index (χ0n) is 10.4. The maximum absolute atomic E-state index is 4.45. The van der Waals surface area contributed by atoms with Crippen molar-refractivity contribution in [3.05, 3.63) is 12.3 Å². The molecule has 0 radical (unpaired) electrons. The highest BCUT2D eigenvalue weighted by molar-refractivity contribution is 7.99. The molecule has 17 heavy (non-hydrogen) atoms. The third-order valence-corrected chi connectivity index (χ3v) is 4.25. The lowest BCUT2D eigenvalue weighted by Crippen LogP contribution is -2.26. The van der Waals surface area contributed by atoms with Gasteiger partial charge >= 0.3 is 0 Å². The summed E-state index contributed by atoms with van der Waals surface area (Å²) < 4.78 is 0. The minimum absolute atomic E-state index is 0.550. The van der Waals surface area contributed by atoms with E-state index in [0.29, 0.717) is 17.2 Å². The maximum Gasteiger partial charge on any atom is 0.224 e. The molecule has 2 atom stereocenters. The van der Waals surface area contributed by atoms with Crippen molar-refractivity contribution < 1.29 is 0 Å². The molecule has 1 fully saturated rings. The van der Waals surface area contributed by atoms with Gasteiger partial charge in [0.25, 0.3) is 0 Å². The third-order valence-electron chi connectivity index (χ3n) is 3.08. The van der Waals surface area contributed by atoms with Gasteiger partial charge in [0, 0.05) is 24.0 Å².